The molecule has 0 saturated heterocycles. The Morgan fingerprint density at radius 3 is 2.45 bits per heavy atom. The van der Waals surface area contributed by atoms with Crippen LogP contribution in [0, 0.1) is 5.92 Å². The standard InChI is InChI=1S/C15H19BrF3N/c1-10(11-5-3-2-4-6-11)20-14-9-12(16)7-8-13(14)15(17,18)19/h7-11,20H,2-6H2,1H3. The van der Waals surface area contributed by atoms with E-state index in [-0.39, 0.29) is 11.7 Å². The van der Waals surface area contributed by atoms with Gasteiger partial charge in [-0.1, -0.05) is 35.2 Å². The molecule has 20 heavy (non-hydrogen) atoms. The van der Waals surface area contributed by atoms with Crippen LogP contribution in [0.1, 0.15) is 44.6 Å². The summed E-state index contributed by atoms with van der Waals surface area (Å²) in [6.07, 6.45) is 1.48. The van der Waals surface area contributed by atoms with Crippen molar-refractivity contribution in [1.82, 2.24) is 0 Å². The lowest BCUT2D eigenvalue weighted by Gasteiger charge is -2.30. The van der Waals surface area contributed by atoms with Crippen molar-refractivity contribution in [3.8, 4) is 0 Å². The summed E-state index contributed by atoms with van der Waals surface area (Å²) in [5.41, 5.74) is -0.423. The third-order valence-corrected chi connectivity index (χ3v) is 4.52. The van der Waals surface area contributed by atoms with E-state index in [0.29, 0.717) is 10.4 Å². The highest BCUT2D eigenvalue weighted by atomic mass is 79.9. The summed E-state index contributed by atoms with van der Waals surface area (Å²) in [7, 11) is 0. The van der Waals surface area contributed by atoms with E-state index in [1.165, 1.54) is 31.4 Å². The molecule has 1 aliphatic rings. The second-order valence-corrected chi connectivity index (χ2v) is 6.43. The zero-order valence-corrected chi connectivity index (χ0v) is 13.0. The van der Waals surface area contributed by atoms with E-state index in [1.54, 1.807) is 0 Å². The number of hydrogen-bond acceptors (Lipinski definition) is 1. The summed E-state index contributed by atoms with van der Waals surface area (Å²) in [5.74, 6) is 0.462. The van der Waals surface area contributed by atoms with Gasteiger partial charge in [0, 0.05) is 16.2 Å². The van der Waals surface area contributed by atoms with Gasteiger partial charge < -0.3 is 5.32 Å². The van der Waals surface area contributed by atoms with Crippen molar-refractivity contribution in [1.29, 1.82) is 0 Å². The minimum absolute atomic E-state index is 0.0608. The van der Waals surface area contributed by atoms with E-state index in [9.17, 15) is 13.2 Å². The Labute approximate surface area is 126 Å². The topological polar surface area (TPSA) is 12.0 Å². The summed E-state index contributed by atoms with van der Waals surface area (Å²) >= 11 is 3.24. The fourth-order valence-electron chi connectivity index (χ4n) is 2.88. The highest BCUT2D eigenvalue weighted by molar-refractivity contribution is 9.10. The van der Waals surface area contributed by atoms with Crippen molar-refractivity contribution in [2.45, 2.75) is 51.2 Å². The van der Waals surface area contributed by atoms with Crippen LogP contribution in [0.3, 0.4) is 0 Å². The molecule has 1 aromatic carbocycles. The van der Waals surface area contributed by atoms with Gasteiger partial charge in [-0.15, -0.1) is 0 Å². The lowest BCUT2D eigenvalue weighted by Crippen LogP contribution is -2.28. The molecule has 0 aromatic heterocycles. The Bertz CT molecular complexity index is 453. The first kappa shape index (κ1) is 15.7. The number of nitrogens with one attached hydrogen (secondary N) is 1. The van der Waals surface area contributed by atoms with Gasteiger partial charge in [0.25, 0.3) is 0 Å². The van der Waals surface area contributed by atoms with E-state index in [0.717, 1.165) is 18.9 Å². The Morgan fingerprint density at radius 2 is 1.85 bits per heavy atom. The number of hydrogen-bond donors (Lipinski definition) is 1. The van der Waals surface area contributed by atoms with Gasteiger partial charge in [-0.25, -0.2) is 0 Å². The highest BCUT2D eigenvalue weighted by Crippen LogP contribution is 2.37. The Morgan fingerprint density at radius 1 is 1.20 bits per heavy atom. The van der Waals surface area contributed by atoms with E-state index in [4.69, 9.17) is 0 Å². The molecule has 0 bridgehead atoms. The van der Waals surface area contributed by atoms with Crippen LogP contribution in [0.2, 0.25) is 0 Å². The maximum absolute atomic E-state index is 13.0. The second-order valence-electron chi connectivity index (χ2n) is 5.52. The zero-order valence-electron chi connectivity index (χ0n) is 11.4. The number of halogens is 4. The molecule has 0 aliphatic heterocycles. The molecule has 1 aromatic rings. The monoisotopic (exact) mass is 349 g/mol. The number of anilines is 1. The molecule has 1 N–H and O–H groups in total. The van der Waals surface area contributed by atoms with Gasteiger partial charge in [-0.3, -0.25) is 0 Å². The third-order valence-electron chi connectivity index (χ3n) is 4.03. The van der Waals surface area contributed by atoms with Crippen molar-refractivity contribution in [2.75, 3.05) is 5.32 Å². The minimum Gasteiger partial charge on any atom is -0.382 e. The van der Waals surface area contributed by atoms with Gasteiger partial charge >= 0.3 is 6.18 Å². The summed E-state index contributed by atoms with van der Waals surface area (Å²) in [6, 6.07) is 4.13. The molecule has 112 valence electrons. The van der Waals surface area contributed by atoms with Gasteiger partial charge in [0.2, 0.25) is 0 Å². The predicted octanol–water partition coefficient (Wildman–Crippen LogP) is 5.85. The van der Waals surface area contributed by atoms with Crippen LogP contribution < -0.4 is 5.32 Å². The van der Waals surface area contributed by atoms with Crippen LogP contribution in [0.15, 0.2) is 22.7 Å². The smallest absolute Gasteiger partial charge is 0.382 e. The number of alkyl halides is 3. The molecule has 5 heteroatoms. The minimum atomic E-state index is -4.32. The van der Waals surface area contributed by atoms with Crippen LogP contribution >= 0.6 is 15.9 Å². The molecule has 0 amide bonds. The van der Waals surface area contributed by atoms with Crippen LogP contribution in [0.4, 0.5) is 18.9 Å². The van der Waals surface area contributed by atoms with Crippen LogP contribution in [-0.2, 0) is 6.18 Å². The molecule has 0 spiro atoms. The summed E-state index contributed by atoms with van der Waals surface area (Å²) in [5, 5.41) is 3.08. The van der Waals surface area contributed by atoms with Gasteiger partial charge in [0.1, 0.15) is 0 Å². The van der Waals surface area contributed by atoms with E-state index in [2.05, 4.69) is 21.2 Å². The SMILES string of the molecule is CC(Nc1cc(Br)ccc1C(F)(F)F)C1CCCCC1. The van der Waals surface area contributed by atoms with Gasteiger partial charge in [-0.05, 0) is 43.9 Å². The second kappa shape index (κ2) is 6.37. The zero-order chi connectivity index (χ0) is 14.8. The van der Waals surface area contributed by atoms with Crippen molar-refractivity contribution in [2.24, 2.45) is 5.92 Å². The fraction of sp³-hybridized carbons (Fsp3) is 0.600. The molecule has 0 heterocycles. The summed E-state index contributed by atoms with van der Waals surface area (Å²) in [4.78, 5) is 0. The predicted molar refractivity (Wildman–Crippen MR) is 78.8 cm³/mol. The fourth-order valence-corrected chi connectivity index (χ4v) is 3.24. The van der Waals surface area contributed by atoms with Crippen LogP contribution in [0.5, 0.6) is 0 Å². The third kappa shape index (κ3) is 3.90. The van der Waals surface area contributed by atoms with Gasteiger partial charge in [0.15, 0.2) is 0 Å². The first-order valence-electron chi connectivity index (χ1n) is 7.01. The molecule has 1 fully saturated rings. The van der Waals surface area contributed by atoms with Gasteiger partial charge in [-0.2, -0.15) is 13.2 Å². The molecule has 1 aliphatic carbocycles. The van der Waals surface area contributed by atoms with E-state index < -0.39 is 11.7 Å². The first-order chi connectivity index (χ1) is 9.38. The lowest BCUT2D eigenvalue weighted by atomic mass is 9.84. The number of benzene rings is 1. The Hall–Kier alpha value is -0.710. The molecule has 0 radical (unpaired) electrons. The summed E-state index contributed by atoms with van der Waals surface area (Å²) in [6.45, 7) is 1.98. The van der Waals surface area contributed by atoms with Crippen LogP contribution in [-0.4, -0.2) is 6.04 Å². The first-order valence-corrected chi connectivity index (χ1v) is 7.80. The largest absolute Gasteiger partial charge is 0.418 e. The average Bonchev–Trinajstić information content (AvgIpc) is 2.38. The molecule has 1 saturated carbocycles. The van der Waals surface area contributed by atoms with E-state index >= 15 is 0 Å². The van der Waals surface area contributed by atoms with Crippen molar-refractivity contribution < 1.29 is 13.2 Å². The average molecular weight is 350 g/mol. The Kier molecular flexibility index (Phi) is 4.99. The maximum atomic E-state index is 13.0. The highest BCUT2D eigenvalue weighted by Gasteiger charge is 2.34. The lowest BCUT2D eigenvalue weighted by molar-refractivity contribution is -0.137. The quantitative estimate of drug-likeness (QED) is 0.721. The normalized spacial score (nSPS) is 18.9. The molecule has 1 nitrogen and oxygen atoms in total. The molecular weight excluding hydrogens is 331 g/mol. The number of rotatable bonds is 3. The van der Waals surface area contributed by atoms with Crippen molar-refractivity contribution >= 4 is 21.6 Å². The van der Waals surface area contributed by atoms with E-state index in [1.807, 2.05) is 6.92 Å². The maximum Gasteiger partial charge on any atom is 0.418 e. The Balaban J connectivity index is 2.17. The molecule has 1 atom stereocenters. The van der Waals surface area contributed by atoms with Crippen molar-refractivity contribution in [3.63, 3.8) is 0 Å². The van der Waals surface area contributed by atoms with Crippen molar-refractivity contribution in [3.05, 3.63) is 28.2 Å². The summed E-state index contributed by atoms with van der Waals surface area (Å²) < 4.78 is 39.7. The molecule has 2 rings (SSSR count). The molecular formula is C15H19BrF3N. The molecule has 1 unspecified atom stereocenters. The van der Waals surface area contributed by atoms with Gasteiger partial charge in [0.05, 0.1) is 5.56 Å². The van der Waals surface area contributed by atoms with Crippen LogP contribution in [0.25, 0.3) is 0 Å².